The maximum Gasteiger partial charge on any atom is 0.194 e. The molecule has 6 heteroatoms. The van der Waals surface area contributed by atoms with Crippen LogP contribution in [0.1, 0.15) is 22.7 Å². The van der Waals surface area contributed by atoms with E-state index in [9.17, 15) is 0 Å². The Balaban J connectivity index is 1.68. The number of hydrogen-bond donors (Lipinski definition) is 1. The Kier molecular flexibility index (Phi) is 4.79. The molecule has 0 aliphatic rings. The molecule has 0 radical (unpaired) electrons. The van der Waals surface area contributed by atoms with Gasteiger partial charge in [0.25, 0.3) is 0 Å². The van der Waals surface area contributed by atoms with E-state index in [4.69, 9.17) is 4.42 Å². The number of rotatable bonds is 4. The van der Waals surface area contributed by atoms with Gasteiger partial charge in [0.05, 0.1) is 12.2 Å². The Bertz CT molecular complexity index is 873. The number of aliphatic imine (C=N–C) groups is 1. The summed E-state index contributed by atoms with van der Waals surface area (Å²) in [6.07, 6.45) is 0. The summed E-state index contributed by atoms with van der Waals surface area (Å²) in [4.78, 5) is 6.44. The SMILES string of the molecule is CN=C(NCc1c(C)nn(C)c1C)N(C)Cc1cc2ccccc2o1. The number of guanidine groups is 1. The lowest BCUT2D eigenvalue weighted by molar-refractivity contribution is 0.412. The Morgan fingerprint density at radius 2 is 2.08 bits per heavy atom. The molecule has 0 spiro atoms. The van der Waals surface area contributed by atoms with Crippen molar-refractivity contribution in [2.45, 2.75) is 26.9 Å². The number of furan rings is 1. The van der Waals surface area contributed by atoms with E-state index < -0.39 is 0 Å². The Morgan fingerprint density at radius 1 is 1.32 bits per heavy atom. The molecule has 0 saturated carbocycles. The molecule has 0 bridgehead atoms. The van der Waals surface area contributed by atoms with Gasteiger partial charge in [-0.1, -0.05) is 18.2 Å². The highest BCUT2D eigenvalue weighted by molar-refractivity contribution is 5.80. The molecule has 0 saturated heterocycles. The number of nitrogens with zero attached hydrogens (tertiary/aromatic N) is 4. The van der Waals surface area contributed by atoms with Crippen molar-refractivity contribution < 1.29 is 4.42 Å². The van der Waals surface area contributed by atoms with Crippen LogP contribution in [-0.2, 0) is 20.1 Å². The molecule has 2 heterocycles. The second-order valence-electron chi connectivity index (χ2n) is 6.28. The summed E-state index contributed by atoms with van der Waals surface area (Å²) >= 11 is 0. The number of fused-ring (bicyclic) bond motifs is 1. The van der Waals surface area contributed by atoms with Gasteiger partial charge in [0.2, 0.25) is 0 Å². The fraction of sp³-hybridized carbons (Fsp3) is 0.368. The molecule has 3 aromatic rings. The topological polar surface area (TPSA) is 58.6 Å². The summed E-state index contributed by atoms with van der Waals surface area (Å²) in [6.45, 7) is 5.46. The highest BCUT2D eigenvalue weighted by Crippen LogP contribution is 2.19. The summed E-state index contributed by atoms with van der Waals surface area (Å²) in [5.41, 5.74) is 4.33. The van der Waals surface area contributed by atoms with Gasteiger partial charge in [0.15, 0.2) is 5.96 Å². The molecule has 1 aromatic carbocycles. The average Bonchev–Trinajstić information content (AvgIpc) is 3.09. The quantitative estimate of drug-likeness (QED) is 0.586. The first-order valence-corrected chi connectivity index (χ1v) is 8.38. The van der Waals surface area contributed by atoms with Gasteiger partial charge in [-0.25, -0.2) is 0 Å². The molecule has 0 fully saturated rings. The van der Waals surface area contributed by atoms with Crippen LogP contribution in [0.2, 0.25) is 0 Å². The van der Waals surface area contributed by atoms with Crippen molar-refractivity contribution in [3.05, 3.63) is 53.0 Å². The van der Waals surface area contributed by atoms with Gasteiger partial charge < -0.3 is 14.6 Å². The number of aromatic nitrogens is 2. The van der Waals surface area contributed by atoms with Crippen LogP contribution in [0.4, 0.5) is 0 Å². The van der Waals surface area contributed by atoms with Crippen LogP contribution in [0.25, 0.3) is 11.0 Å². The predicted octanol–water partition coefficient (Wildman–Crippen LogP) is 2.99. The molecule has 0 unspecified atom stereocenters. The van der Waals surface area contributed by atoms with Crippen LogP contribution >= 0.6 is 0 Å². The minimum Gasteiger partial charge on any atom is -0.459 e. The molecular weight excluding hydrogens is 314 g/mol. The van der Waals surface area contributed by atoms with Crippen LogP contribution in [0.15, 0.2) is 39.7 Å². The standard InChI is InChI=1S/C19H25N5O/c1-13-17(14(2)24(5)22-13)11-21-19(20-3)23(4)12-16-10-15-8-6-7-9-18(15)25-16/h6-10H,11-12H2,1-5H3,(H,20,21). The van der Waals surface area contributed by atoms with Crippen molar-refractivity contribution in [2.75, 3.05) is 14.1 Å². The van der Waals surface area contributed by atoms with Crippen LogP contribution in [-0.4, -0.2) is 34.7 Å². The van der Waals surface area contributed by atoms with Crippen molar-refractivity contribution in [3.8, 4) is 0 Å². The lowest BCUT2D eigenvalue weighted by Crippen LogP contribution is -2.38. The Morgan fingerprint density at radius 3 is 2.72 bits per heavy atom. The molecule has 132 valence electrons. The highest BCUT2D eigenvalue weighted by atomic mass is 16.3. The van der Waals surface area contributed by atoms with E-state index >= 15 is 0 Å². The van der Waals surface area contributed by atoms with Gasteiger partial charge in [0, 0.05) is 44.3 Å². The molecule has 6 nitrogen and oxygen atoms in total. The summed E-state index contributed by atoms with van der Waals surface area (Å²) in [6, 6.07) is 10.1. The van der Waals surface area contributed by atoms with Gasteiger partial charge in [-0.15, -0.1) is 0 Å². The fourth-order valence-electron chi connectivity index (χ4n) is 3.05. The average molecular weight is 339 g/mol. The van der Waals surface area contributed by atoms with E-state index in [0.717, 1.165) is 28.4 Å². The predicted molar refractivity (Wildman–Crippen MR) is 101 cm³/mol. The van der Waals surface area contributed by atoms with E-state index in [0.29, 0.717) is 13.1 Å². The van der Waals surface area contributed by atoms with Crippen molar-refractivity contribution in [1.82, 2.24) is 20.0 Å². The van der Waals surface area contributed by atoms with Crippen LogP contribution < -0.4 is 5.32 Å². The molecule has 0 amide bonds. The first kappa shape index (κ1) is 17.1. The van der Waals surface area contributed by atoms with E-state index in [2.05, 4.69) is 39.4 Å². The third-order valence-corrected chi connectivity index (χ3v) is 4.53. The molecule has 0 aliphatic heterocycles. The largest absolute Gasteiger partial charge is 0.459 e. The second-order valence-corrected chi connectivity index (χ2v) is 6.28. The Labute approximate surface area is 148 Å². The van der Waals surface area contributed by atoms with Gasteiger partial charge in [-0.3, -0.25) is 9.67 Å². The zero-order chi connectivity index (χ0) is 18.0. The fourth-order valence-corrected chi connectivity index (χ4v) is 3.05. The molecule has 0 aliphatic carbocycles. The molecule has 3 rings (SSSR count). The van der Waals surface area contributed by atoms with Gasteiger partial charge in [-0.05, 0) is 26.0 Å². The number of aryl methyl sites for hydroxylation is 2. The van der Waals surface area contributed by atoms with Gasteiger partial charge >= 0.3 is 0 Å². The van der Waals surface area contributed by atoms with Crippen LogP contribution in [0.5, 0.6) is 0 Å². The molecule has 2 aromatic heterocycles. The van der Waals surface area contributed by atoms with Gasteiger partial charge in [-0.2, -0.15) is 5.10 Å². The number of benzene rings is 1. The number of para-hydroxylation sites is 1. The normalized spacial score (nSPS) is 12.0. The highest BCUT2D eigenvalue weighted by Gasteiger charge is 2.13. The monoisotopic (exact) mass is 339 g/mol. The Hall–Kier alpha value is -2.76. The third-order valence-electron chi connectivity index (χ3n) is 4.53. The molecule has 25 heavy (non-hydrogen) atoms. The maximum atomic E-state index is 5.90. The van der Waals surface area contributed by atoms with Crippen molar-refractivity contribution in [3.63, 3.8) is 0 Å². The second kappa shape index (κ2) is 7.01. The maximum absolute atomic E-state index is 5.90. The zero-order valence-electron chi connectivity index (χ0n) is 15.5. The summed E-state index contributed by atoms with van der Waals surface area (Å²) in [5, 5.41) is 9.00. The first-order valence-electron chi connectivity index (χ1n) is 8.38. The van der Waals surface area contributed by atoms with Crippen molar-refractivity contribution in [1.29, 1.82) is 0 Å². The first-order chi connectivity index (χ1) is 12.0. The molecule has 1 N–H and O–H groups in total. The lowest BCUT2D eigenvalue weighted by atomic mass is 10.2. The van der Waals surface area contributed by atoms with E-state index in [1.807, 2.05) is 43.9 Å². The van der Waals surface area contributed by atoms with Crippen LogP contribution in [0, 0.1) is 13.8 Å². The third kappa shape index (κ3) is 3.52. The van der Waals surface area contributed by atoms with E-state index in [1.54, 1.807) is 7.05 Å². The van der Waals surface area contributed by atoms with Crippen molar-refractivity contribution >= 4 is 16.9 Å². The minimum absolute atomic E-state index is 0.652. The summed E-state index contributed by atoms with van der Waals surface area (Å²) in [5.74, 6) is 1.74. The van der Waals surface area contributed by atoms with Gasteiger partial charge in [0.1, 0.15) is 11.3 Å². The van der Waals surface area contributed by atoms with Crippen molar-refractivity contribution in [2.24, 2.45) is 12.0 Å². The number of nitrogens with one attached hydrogen (secondary N) is 1. The summed E-state index contributed by atoms with van der Waals surface area (Å²) < 4.78 is 7.81. The number of hydrogen-bond acceptors (Lipinski definition) is 3. The molecular formula is C19H25N5O. The zero-order valence-corrected chi connectivity index (χ0v) is 15.5. The van der Waals surface area contributed by atoms with Crippen LogP contribution in [0.3, 0.4) is 0 Å². The van der Waals surface area contributed by atoms with E-state index in [1.165, 1.54) is 11.3 Å². The molecule has 0 atom stereocenters. The lowest BCUT2D eigenvalue weighted by Gasteiger charge is -2.21. The minimum atomic E-state index is 0.652. The van der Waals surface area contributed by atoms with E-state index in [-0.39, 0.29) is 0 Å². The smallest absolute Gasteiger partial charge is 0.194 e. The summed E-state index contributed by atoms with van der Waals surface area (Å²) in [7, 11) is 5.76.